The van der Waals surface area contributed by atoms with E-state index in [-0.39, 0.29) is 6.17 Å². The normalized spacial score (nSPS) is 22.4. The van der Waals surface area contributed by atoms with Crippen LogP contribution < -0.4 is 11.1 Å². The van der Waals surface area contributed by atoms with Crippen molar-refractivity contribution >= 4 is 0 Å². The summed E-state index contributed by atoms with van der Waals surface area (Å²) in [5, 5.41) is 3.38. The number of hydrogen-bond acceptors (Lipinski definition) is 3. The first kappa shape index (κ1) is 12.8. The molecular weight excluding hydrogens is 198 g/mol. The van der Waals surface area contributed by atoms with E-state index in [2.05, 4.69) is 43.7 Å². The Bertz CT molecular complexity index is 313. The van der Waals surface area contributed by atoms with Gasteiger partial charge in [-0.25, -0.2) is 0 Å². The standard InChI is InChI=1S/C13H23N3/c1-5-12(9-16(4)11(3)14)13-7-6-10(2)8-15-13/h6-9,11,13,15H,5,14H2,1-4H3/b12-9+. The molecule has 1 aliphatic heterocycles. The quantitative estimate of drug-likeness (QED) is 0.713. The van der Waals surface area contributed by atoms with Gasteiger partial charge < -0.3 is 16.0 Å². The van der Waals surface area contributed by atoms with Gasteiger partial charge in [0.25, 0.3) is 0 Å². The number of dihydropyridines is 1. The monoisotopic (exact) mass is 221 g/mol. The number of nitrogens with zero attached hydrogens (tertiary/aromatic N) is 1. The predicted octanol–water partition coefficient (Wildman–Crippen LogP) is 1.95. The van der Waals surface area contributed by atoms with Crippen LogP contribution in [0.25, 0.3) is 0 Å². The van der Waals surface area contributed by atoms with Crippen LogP contribution in [-0.4, -0.2) is 24.2 Å². The van der Waals surface area contributed by atoms with Gasteiger partial charge in [0, 0.05) is 19.4 Å². The number of allylic oxidation sites excluding steroid dienone is 2. The molecule has 90 valence electrons. The summed E-state index contributed by atoms with van der Waals surface area (Å²) in [7, 11) is 2.01. The second-order valence-electron chi connectivity index (χ2n) is 4.36. The van der Waals surface area contributed by atoms with Crippen molar-refractivity contribution < 1.29 is 0 Å². The van der Waals surface area contributed by atoms with Crippen LogP contribution in [0.15, 0.2) is 35.7 Å². The van der Waals surface area contributed by atoms with Crippen molar-refractivity contribution in [2.45, 2.75) is 39.4 Å². The van der Waals surface area contributed by atoms with E-state index in [0.29, 0.717) is 6.04 Å². The summed E-state index contributed by atoms with van der Waals surface area (Å²) in [5.74, 6) is 0. The maximum atomic E-state index is 5.82. The zero-order chi connectivity index (χ0) is 12.1. The Kier molecular flexibility index (Phi) is 4.62. The van der Waals surface area contributed by atoms with E-state index >= 15 is 0 Å². The molecule has 2 atom stereocenters. The predicted molar refractivity (Wildman–Crippen MR) is 69.6 cm³/mol. The number of hydrogen-bond donors (Lipinski definition) is 2. The molecule has 0 aromatic rings. The molecule has 1 rings (SSSR count). The highest BCUT2D eigenvalue weighted by atomic mass is 15.2. The Morgan fingerprint density at radius 2 is 2.38 bits per heavy atom. The van der Waals surface area contributed by atoms with Crippen molar-refractivity contribution in [3.63, 3.8) is 0 Å². The fraction of sp³-hybridized carbons (Fsp3) is 0.538. The summed E-state index contributed by atoms with van der Waals surface area (Å²) in [6, 6.07) is 0.301. The molecule has 3 nitrogen and oxygen atoms in total. The molecule has 0 saturated heterocycles. The summed E-state index contributed by atoms with van der Waals surface area (Å²) in [4.78, 5) is 2.04. The fourth-order valence-corrected chi connectivity index (χ4v) is 1.57. The van der Waals surface area contributed by atoms with Gasteiger partial charge in [-0.05, 0) is 31.4 Å². The molecule has 0 fully saturated rings. The average molecular weight is 221 g/mol. The van der Waals surface area contributed by atoms with Crippen LogP contribution >= 0.6 is 0 Å². The molecule has 0 aromatic heterocycles. The number of nitrogens with two attached hydrogens (primary N) is 1. The molecule has 1 aliphatic rings. The maximum absolute atomic E-state index is 5.82. The second-order valence-corrected chi connectivity index (χ2v) is 4.36. The van der Waals surface area contributed by atoms with Gasteiger partial charge in [0.1, 0.15) is 0 Å². The van der Waals surface area contributed by atoms with Crippen LogP contribution in [0.2, 0.25) is 0 Å². The van der Waals surface area contributed by atoms with Gasteiger partial charge in [-0.3, -0.25) is 0 Å². The van der Waals surface area contributed by atoms with Crippen molar-refractivity contribution in [3.8, 4) is 0 Å². The van der Waals surface area contributed by atoms with E-state index < -0.39 is 0 Å². The minimum atomic E-state index is 0.0476. The van der Waals surface area contributed by atoms with Crippen molar-refractivity contribution in [1.29, 1.82) is 0 Å². The Labute approximate surface area is 98.7 Å². The summed E-state index contributed by atoms with van der Waals surface area (Å²) in [6.07, 6.45) is 9.61. The molecular formula is C13H23N3. The van der Waals surface area contributed by atoms with E-state index in [1.165, 1.54) is 11.1 Å². The maximum Gasteiger partial charge on any atom is 0.0733 e. The number of nitrogens with one attached hydrogen (secondary N) is 1. The highest BCUT2D eigenvalue weighted by molar-refractivity contribution is 5.29. The first-order valence-electron chi connectivity index (χ1n) is 5.83. The molecule has 0 aliphatic carbocycles. The van der Waals surface area contributed by atoms with Crippen LogP contribution in [0.1, 0.15) is 27.2 Å². The fourth-order valence-electron chi connectivity index (χ4n) is 1.57. The molecule has 3 heteroatoms. The molecule has 2 unspecified atom stereocenters. The Morgan fingerprint density at radius 1 is 1.69 bits per heavy atom. The molecule has 3 N–H and O–H groups in total. The molecule has 16 heavy (non-hydrogen) atoms. The van der Waals surface area contributed by atoms with Crippen LogP contribution in [0.4, 0.5) is 0 Å². The van der Waals surface area contributed by atoms with E-state index in [0.717, 1.165) is 6.42 Å². The molecule has 0 saturated carbocycles. The lowest BCUT2D eigenvalue weighted by Gasteiger charge is -2.25. The third-order valence-corrected chi connectivity index (χ3v) is 2.86. The largest absolute Gasteiger partial charge is 0.381 e. The lowest BCUT2D eigenvalue weighted by Crippen LogP contribution is -2.34. The van der Waals surface area contributed by atoms with Crippen molar-refractivity contribution in [3.05, 3.63) is 35.7 Å². The van der Waals surface area contributed by atoms with E-state index in [1.54, 1.807) is 0 Å². The lowest BCUT2D eigenvalue weighted by molar-refractivity contribution is 0.355. The SMILES string of the molecule is CC/C(=C\N(C)C(C)N)C1C=CC(C)=CN1. The second kappa shape index (κ2) is 5.75. The Balaban J connectivity index is 2.72. The van der Waals surface area contributed by atoms with Crippen molar-refractivity contribution in [2.75, 3.05) is 7.05 Å². The zero-order valence-corrected chi connectivity index (χ0v) is 10.7. The topological polar surface area (TPSA) is 41.3 Å². The first-order valence-corrected chi connectivity index (χ1v) is 5.83. The number of rotatable bonds is 4. The van der Waals surface area contributed by atoms with Gasteiger partial charge in [-0.1, -0.05) is 19.1 Å². The van der Waals surface area contributed by atoms with E-state index in [9.17, 15) is 0 Å². The van der Waals surface area contributed by atoms with Gasteiger partial charge in [-0.15, -0.1) is 0 Å². The third kappa shape index (κ3) is 3.42. The molecule has 0 bridgehead atoms. The smallest absolute Gasteiger partial charge is 0.0733 e. The first-order chi connectivity index (χ1) is 7.54. The van der Waals surface area contributed by atoms with Gasteiger partial charge >= 0.3 is 0 Å². The molecule has 0 amide bonds. The minimum absolute atomic E-state index is 0.0476. The van der Waals surface area contributed by atoms with E-state index in [1.807, 2.05) is 18.9 Å². The summed E-state index contributed by atoms with van der Waals surface area (Å²) >= 11 is 0. The zero-order valence-electron chi connectivity index (χ0n) is 10.7. The van der Waals surface area contributed by atoms with Crippen LogP contribution in [0.5, 0.6) is 0 Å². The summed E-state index contributed by atoms with van der Waals surface area (Å²) in [5.41, 5.74) is 8.43. The van der Waals surface area contributed by atoms with Crippen LogP contribution in [-0.2, 0) is 0 Å². The van der Waals surface area contributed by atoms with Crippen LogP contribution in [0, 0.1) is 0 Å². The lowest BCUT2D eigenvalue weighted by atomic mass is 10.0. The molecule has 0 radical (unpaired) electrons. The molecule has 0 aromatic carbocycles. The van der Waals surface area contributed by atoms with Crippen molar-refractivity contribution in [1.82, 2.24) is 10.2 Å². The summed E-state index contributed by atoms with van der Waals surface area (Å²) < 4.78 is 0. The highest BCUT2D eigenvalue weighted by Gasteiger charge is 2.11. The van der Waals surface area contributed by atoms with Gasteiger partial charge in [0.2, 0.25) is 0 Å². The van der Waals surface area contributed by atoms with Crippen LogP contribution in [0.3, 0.4) is 0 Å². The Hall–Kier alpha value is -1.22. The minimum Gasteiger partial charge on any atom is -0.381 e. The molecule has 0 spiro atoms. The highest BCUT2D eigenvalue weighted by Crippen LogP contribution is 2.14. The van der Waals surface area contributed by atoms with E-state index in [4.69, 9.17) is 5.73 Å². The summed E-state index contributed by atoms with van der Waals surface area (Å²) in [6.45, 7) is 6.24. The third-order valence-electron chi connectivity index (χ3n) is 2.86. The Morgan fingerprint density at radius 3 is 2.81 bits per heavy atom. The van der Waals surface area contributed by atoms with Gasteiger partial charge in [0.05, 0.1) is 12.2 Å². The van der Waals surface area contributed by atoms with Crippen molar-refractivity contribution in [2.24, 2.45) is 5.73 Å². The van der Waals surface area contributed by atoms with Gasteiger partial charge in [-0.2, -0.15) is 0 Å². The molecule has 1 heterocycles. The van der Waals surface area contributed by atoms with Gasteiger partial charge in [0.15, 0.2) is 0 Å². The average Bonchev–Trinajstić information content (AvgIpc) is 2.26.